The Morgan fingerprint density at radius 1 is 1.16 bits per heavy atom. The lowest BCUT2D eigenvalue weighted by atomic mass is 10.1. The molecule has 3 nitrogen and oxygen atoms in total. The third kappa shape index (κ3) is 7.34. The summed E-state index contributed by atoms with van der Waals surface area (Å²) in [6.07, 6.45) is 4.18. The maximum absolute atomic E-state index is 12.0. The number of allylic oxidation sites excluding steroid dienone is 1. The van der Waals surface area contributed by atoms with E-state index in [1.165, 1.54) is 6.08 Å². The molecule has 6 heteroatoms. The van der Waals surface area contributed by atoms with Crippen LogP contribution in [0.2, 0.25) is 28.2 Å². The topological polar surface area (TPSA) is 43.4 Å². The first kappa shape index (κ1) is 21.9. The standard InChI is InChI=1S/C19H26Cl2O3Si/c1-19(2,3)25(4,5)24-18(23)8-6-7-16(22)12-10-14-9-11-15(20)13-17(14)21/h9-13H,6-8H2,1-5H3. The highest BCUT2D eigenvalue weighted by Gasteiger charge is 2.40. The molecule has 1 aromatic rings. The van der Waals surface area contributed by atoms with Gasteiger partial charge in [-0.05, 0) is 54.4 Å². The Bertz CT molecular complexity index is 661. The lowest BCUT2D eigenvalue weighted by Crippen LogP contribution is -2.42. The molecule has 0 radical (unpaired) electrons. The highest BCUT2D eigenvalue weighted by Crippen LogP contribution is 2.36. The van der Waals surface area contributed by atoms with Gasteiger partial charge in [-0.2, -0.15) is 0 Å². The molecule has 0 N–H and O–H groups in total. The molecule has 0 spiro atoms. The van der Waals surface area contributed by atoms with Crippen molar-refractivity contribution in [1.29, 1.82) is 0 Å². The molecule has 1 aromatic carbocycles. The van der Waals surface area contributed by atoms with E-state index >= 15 is 0 Å². The lowest BCUT2D eigenvalue weighted by Gasteiger charge is -2.35. The van der Waals surface area contributed by atoms with Gasteiger partial charge in [0.2, 0.25) is 0 Å². The van der Waals surface area contributed by atoms with Crippen molar-refractivity contribution in [3.63, 3.8) is 0 Å². The molecule has 0 aliphatic carbocycles. The monoisotopic (exact) mass is 400 g/mol. The average Bonchev–Trinajstić information content (AvgIpc) is 2.44. The molecule has 0 aromatic heterocycles. The minimum atomic E-state index is -2.09. The summed E-state index contributed by atoms with van der Waals surface area (Å²) in [7, 11) is -2.09. The second-order valence-corrected chi connectivity index (χ2v) is 13.1. The Hall–Kier alpha value is -1.10. The molecule has 0 atom stereocenters. The van der Waals surface area contributed by atoms with E-state index in [-0.39, 0.29) is 23.2 Å². The van der Waals surface area contributed by atoms with E-state index < -0.39 is 8.32 Å². The van der Waals surface area contributed by atoms with E-state index in [1.54, 1.807) is 24.3 Å². The van der Waals surface area contributed by atoms with Crippen LogP contribution >= 0.6 is 23.2 Å². The van der Waals surface area contributed by atoms with Crippen LogP contribution in [0.3, 0.4) is 0 Å². The van der Waals surface area contributed by atoms with Crippen LogP contribution in [0, 0.1) is 0 Å². The molecule has 0 saturated heterocycles. The van der Waals surface area contributed by atoms with Gasteiger partial charge in [0.1, 0.15) is 0 Å². The summed E-state index contributed by atoms with van der Waals surface area (Å²) >= 11 is 11.9. The fourth-order valence-corrected chi connectivity index (χ4v) is 3.25. The van der Waals surface area contributed by atoms with Gasteiger partial charge in [-0.25, -0.2) is 0 Å². The summed E-state index contributed by atoms with van der Waals surface area (Å²) in [5.74, 6) is -0.268. The van der Waals surface area contributed by atoms with Gasteiger partial charge in [0.15, 0.2) is 5.78 Å². The van der Waals surface area contributed by atoms with Gasteiger partial charge in [0.05, 0.1) is 0 Å². The molecule has 138 valence electrons. The van der Waals surface area contributed by atoms with Crippen LogP contribution in [-0.2, 0) is 14.0 Å². The Morgan fingerprint density at radius 3 is 2.36 bits per heavy atom. The summed E-state index contributed by atoms with van der Waals surface area (Å²) in [5, 5.41) is 1.03. The van der Waals surface area contributed by atoms with E-state index in [1.807, 2.05) is 13.1 Å². The zero-order valence-corrected chi connectivity index (χ0v) is 18.0. The van der Waals surface area contributed by atoms with Gasteiger partial charge >= 0.3 is 0 Å². The maximum Gasteiger partial charge on any atom is 0.292 e. The molecular weight excluding hydrogens is 375 g/mol. The first-order valence-electron chi connectivity index (χ1n) is 8.30. The van der Waals surface area contributed by atoms with Crippen molar-refractivity contribution >= 4 is 49.3 Å². The molecule has 1 rings (SSSR count). The second-order valence-electron chi connectivity index (χ2n) is 7.55. The van der Waals surface area contributed by atoms with Crippen LogP contribution in [0.1, 0.15) is 45.6 Å². The molecule has 0 unspecified atom stereocenters. The van der Waals surface area contributed by atoms with E-state index in [4.69, 9.17) is 27.6 Å². The van der Waals surface area contributed by atoms with Crippen LogP contribution in [0.5, 0.6) is 0 Å². The SMILES string of the molecule is CC(C)(C)[Si](C)(C)OC(=O)CCCC(=O)C=Cc1ccc(Cl)cc1Cl. The van der Waals surface area contributed by atoms with E-state index in [2.05, 4.69) is 20.8 Å². The smallest absolute Gasteiger partial charge is 0.292 e. The Kier molecular flexibility index (Phi) is 7.91. The molecule has 0 aliphatic heterocycles. The number of carbonyl (C=O) groups excluding carboxylic acids is 2. The van der Waals surface area contributed by atoms with Crippen LogP contribution < -0.4 is 0 Å². The average molecular weight is 401 g/mol. The highest BCUT2D eigenvalue weighted by atomic mass is 35.5. The minimum absolute atomic E-state index is 0.0148. The van der Waals surface area contributed by atoms with Crippen LogP contribution in [-0.4, -0.2) is 20.1 Å². The molecule has 0 amide bonds. The summed E-state index contributed by atoms with van der Waals surface area (Å²) in [4.78, 5) is 23.9. The number of carbonyl (C=O) groups is 2. The number of rotatable bonds is 7. The largest absolute Gasteiger partial charge is 0.519 e. The summed E-state index contributed by atoms with van der Waals surface area (Å²) in [6, 6.07) is 5.10. The summed E-state index contributed by atoms with van der Waals surface area (Å²) < 4.78 is 5.68. The molecule has 25 heavy (non-hydrogen) atoms. The highest BCUT2D eigenvalue weighted by molar-refractivity contribution is 6.75. The van der Waals surface area contributed by atoms with Gasteiger partial charge in [0.25, 0.3) is 14.3 Å². The number of ketones is 1. The number of halogens is 2. The van der Waals surface area contributed by atoms with Crippen LogP contribution in [0.4, 0.5) is 0 Å². The normalized spacial score (nSPS) is 12.4. The minimum Gasteiger partial charge on any atom is -0.519 e. The molecule has 0 heterocycles. The van der Waals surface area contributed by atoms with Crippen molar-refractivity contribution in [2.45, 2.75) is 58.2 Å². The predicted octanol–water partition coefficient (Wildman–Crippen LogP) is 6.29. The predicted molar refractivity (Wildman–Crippen MR) is 108 cm³/mol. The molecule has 0 saturated carbocycles. The fourth-order valence-electron chi connectivity index (χ4n) is 1.80. The first-order valence-corrected chi connectivity index (χ1v) is 12.0. The van der Waals surface area contributed by atoms with Crippen LogP contribution in [0.25, 0.3) is 6.08 Å². The maximum atomic E-state index is 12.0. The van der Waals surface area contributed by atoms with E-state index in [0.29, 0.717) is 22.9 Å². The third-order valence-electron chi connectivity index (χ3n) is 4.39. The van der Waals surface area contributed by atoms with Crippen molar-refractivity contribution in [1.82, 2.24) is 0 Å². The van der Waals surface area contributed by atoms with Crippen molar-refractivity contribution in [2.24, 2.45) is 0 Å². The van der Waals surface area contributed by atoms with Crippen molar-refractivity contribution < 1.29 is 14.0 Å². The molecular formula is C19H26Cl2O3Si. The quantitative estimate of drug-likeness (QED) is 0.398. The first-order chi connectivity index (χ1) is 11.4. The third-order valence-corrected chi connectivity index (χ3v) is 9.30. The molecule has 0 aliphatic rings. The fraction of sp³-hybridized carbons (Fsp3) is 0.474. The van der Waals surface area contributed by atoms with Crippen molar-refractivity contribution in [3.05, 3.63) is 39.9 Å². The van der Waals surface area contributed by atoms with Crippen LogP contribution in [0.15, 0.2) is 24.3 Å². The Balaban J connectivity index is 2.44. The van der Waals surface area contributed by atoms with Gasteiger partial charge in [-0.15, -0.1) is 0 Å². The zero-order chi connectivity index (χ0) is 19.3. The van der Waals surface area contributed by atoms with Crippen molar-refractivity contribution in [3.8, 4) is 0 Å². The van der Waals surface area contributed by atoms with Gasteiger partial charge in [-0.1, -0.05) is 50.0 Å². The number of hydrogen-bond donors (Lipinski definition) is 0. The number of benzene rings is 1. The molecule has 0 bridgehead atoms. The van der Waals surface area contributed by atoms with Gasteiger partial charge in [0, 0.05) is 22.9 Å². The zero-order valence-electron chi connectivity index (χ0n) is 15.5. The molecule has 0 fully saturated rings. The summed E-state index contributed by atoms with van der Waals surface area (Å²) in [6.45, 7) is 10.3. The van der Waals surface area contributed by atoms with Gasteiger partial charge < -0.3 is 4.43 Å². The van der Waals surface area contributed by atoms with Crippen molar-refractivity contribution in [2.75, 3.05) is 0 Å². The second kappa shape index (κ2) is 9.02. The Morgan fingerprint density at radius 2 is 1.80 bits per heavy atom. The van der Waals surface area contributed by atoms with E-state index in [0.717, 1.165) is 5.56 Å². The van der Waals surface area contributed by atoms with Gasteiger partial charge in [-0.3, -0.25) is 9.59 Å². The lowest BCUT2D eigenvalue weighted by molar-refractivity contribution is -0.135. The number of hydrogen-bond acceptors (Lipinski definition) is 3. The summed E-state index contributed by atoms with van der Waals surface area (Å²) in [5.41, 5.74) is 0.733. The Labute approximate surface area is 161 Å². The van der Waals surface area contributed by atoms with E-state index in [9.17, 15) is 9.59 Å².